The van der Waals surface area contributed by atoms with Gasteiger partial charge in [-0.3, -0.25) is 29.2 Å². The van der Waals surface area contributed by atoms with Crippen LogP contribution in [0, 0.1) is 28.8 Å². The third-order valence-corrected chi connectivity index (χ3v) is 14.0. The van der Waals surface area contributed by atoms with E-state index in [9.17, 15) is 38.0 Å². The second-order valence-corrected chi connectivity index (χ2v) is 18.5. The van der Waals surface area contributed by atoms with Gasteiger partial charge in [0.15, 0.2) is 5.82 Å². The number of aliphatic hydroxyl groups is 1. The molecule has 2 aromatic carbocycles. The molecular weight excluding hydrogens is 896 g/mol. The van der Waals surface area contributed by atoms with Gasteiger partial charge in [0, 0.05) is 106 Å². The fraction of sp³-hybridized carbons (Fsp3) is 0.356. The summed E-state index contributed by atoms with van der Waals surface area (Å²) >= 11 is 0. The van der Waals surface area contributed by atoms with Crippen LogP contribution in [-0.4, -0.2) is 126 Å². The molecule has 22 heteroatoms. The number of halogens is 3. The Morgan fingerprint density at radius 2 is 1.69 bits per heavy atom. The summed E-state index contributed by atoms with van der Waals surface area (Å²) in [5.74, 6) is -4.82. The lowest BCUT2D eigenvalue weighted by molar-refractivity contribution is -0.138. The number of rotatable bonds is 13. The first-order chi connectivity index (χ1) is 32.0. The number of amides is 3. The Morgan fingerprint density at radius 1 is 0.970 bits per heavy atom. The zero-order valence-corrected chi connectivity index (χ0v) is 37.2. The SMILES string of the molecule is CCN(C)S(=O)(=O)Nc1ccc(F)c(C(=O)c2c[nH]c3ncc(-c4cnc(N5CCN(C(=O)CC6(O)CCN(c7ccc(NC8CCC(=O)NC8=O)cc7F)CC6)CC5)c(C#N)c4)cc23)c1F. The molecule has 3 aliphatic heterocycles. The van der Waals surface area contributed by atoms with Crippen molar-refractivity contribution < 1.29 is 45.9 Å². The summed E-state index contributed by atoms with van der Waals surface area (Å²) < 4.78 is 74.1. The third kappa shape index (κ3) is 9.61. The van der Waals surface area contributed by atoms with Crippen LogP contribution in [0.4, 0.5) is 36.1 Å². The van der Waals surface area contributed by atoms with E-state index in [-0.39, 0.29) is 66.2 Å². The number of nitrogens with zero attached hydrogens (tertiary/aromatic N) is 7. The minimum atomic E-state index is -4.19. The number of fused-ring (bicyclic) bond motifs is 1. The number of anilines is 4. The van der Waals surface area contributed by atoms with Crippen LogP contribution in [-0.2, 0) is 24.6 Å². The number of benzene rings is 2. The summed E-state index contributed by atoms with van der Waals surface area (Å²) in [7, 11) is -2.92. The number of carbonyl (C=O) groups is 4. The lowest BCUT2D eigenvalue weighted by Gasteiger charge is -2.41. The van der Waals surface area contributed by atoms with Crippen molar-refractivity contribution in [2.24, 2.45) is 0 Å². The maximum atomic E-state index is 15.7. The van der Waals surface area contributed by atoms with Crippen LogP contribution in [0.1, 0.15) is 60.5 Å². The highest BCUT2D eigenvalue weighted by Crippen LogP contribution is 2.34. The number of nitriles is 1. The van der Waals surface area contributed by atoms with E-state index >= 15 is 13.2 Å². The number of carbonyl (C=O) groups excluding carboxylic acids is 4. The van der Waals surface area contributed by atoms with Gasteiger partial charge in [-0.05, 0) is 61.7 Å². The van der Waals surface area contributed by atoms with Crippen molar-refractivity contribution in [1.29, 1.82) is 5.26 Å². The fourth-order valence-corrected chi connectivity index (χ4v) is 9.38. The number of hydrogen-bond acceptors (Lipinski definition) is 13. The standard InChI is InChI=1S/C45H46F3N11O7S/c1-3-56(2)67(65,66)55-34-6-5-32(46)39(40(34)48)41(62)31-25-51-42-30(31)19-28(23-50-42)27-18-26(22-49)43(52-24-27)59-16-14-58(15-17-59)38(61)21-45(64)10-12-57(13-11-45)36-8-4-29(20-33(36)47)53-35-7-9-37(60)54-44(35)63/h4-6,8,18-20,23-25,35,53,55,64H,3,7,9-17,21H2,1-2H3,(H,50,51)(H,54,60,63). The quantitative estimate of drug-likeness (QED) is 0.0829. The highest BCUT2D eigenvalue weighted by Gasteiger charge is 2.37. The Labute approximate surface area is 382 Å². The number of aromatic amines is 1. The van der Waals surface area contributed by atoms with E-state index in [1.807, 2.05) is 9.62 Å². The summed E-state index contributed by atoms with van der Waals surface area (Å²) in [6, 6.07) is 10.9. The molecule has 3 aliphatic rings. The summed E-state index contributed by atoms with van der Waals surface area (Å²) in [5, 5.41) is 27.1. The van der Waals surface area contributed by atoms with Crippen molar-refractivity contribution in [2.45, 2.75) is 50.7 Å². The molecule has 3 saturated heterocycles. The Kier molecular flexibility index (Phi) is 12.9. The van der Waals surface area contributed by atoms with Crippen molar-refractivity contribution in [1.82, 2.24) is 29.5 Å². The molecule has 0 radical (unpaired) electrons. The smallest absolute Gasteiger partial charge is 0.301 e. The zero-order chi connectivity index (χ0) is 47.8. The van der Waals surface area contributed by atoms with E-state index in [0.717, 1.165) is 16.4 Å². The van der Waals surface area contributed by atoms with Crippen LogP contribution < -0.4 is 25.2 Å². The predicted octanol–water partition coefficient (Wildman–Crippen LogP) is 4.04. The van der Waals surface area contributed by atoms with Crippen LogP contribution in [0.3, 0.4) is 0 Å². The van der Waals surface area contributed by atoms with Crippen molar-refractivity contribution in [2.75, 3.05) is 72.7 Å². The van der Waals surface area contributed by atoms with Crippen molar-refractivity contribution in [3.05, 3.63) is 95.2 Å². The van der Waals surface area contributed by atoms with Crippen LogP contribution in [0.15, 0.2) is 61.1 Å². The van der Waals surface area contributed by atoms with Crippen molar-refractivity contribution >= 4 is 67.6 Å². The van der Waals surface area contributed by atoms with E-state index in [0.29, 0.717) is 74.0 Å². The summed E-state index contributed by atoms with van der Waals surface area (Å²) in [6.45, 7) is 3.55. The Morgan fingerprint density at radius 3 is 2.37 bits per heavy atom. The van der Waals surface area contributed by atoms with Gasteiger partial charge in [0.2, 0.25) is 23.5 Å². The molecule has 3 fully saturated rings. The topological polar surface area (TPSA) is 237 Å². The van der Waals surface area contributed by atoms with Gasteiger partial charge in [-0.1, -0.05) is 6.92 Å². The second-order valence-electron chi connectivity index (χ2n) is 16.7. The molecule has 67 heavy (non-hydrogen) atoms. The number of H-pyrrole nitrogens is 1. The fourth-order valence-electron chi connectivity index (χ4n) is 8.45. The summed E-state index contributed by atoms with van der Waals surface area (Å²) in [4.78, 5) is 67.9. The van der Waals surface area contributed by atoms with Gasteiger partial charge in [-0.25, -0.2) is 23.1 Å². The van der Waals surface area contributed by atoms with Gasteiger partial charge >= 0.3 is 10.2 Å². The largest absolute Gasteiger partial charge is 0.389 e. The van der Waals surface area contributed by atoms with Gasteiger partial charge in [0.05, 0.1) is 34.5 Å². The highest BCUT2D eigenvalue weighted by molar-refractivity contribution is 7.90. The van der Waals surface area contributed by atoms with Crippen LogP contribution >= 0.6 is 0 Å². The van der Waals surface area contributed by atoms with Crippen molar-refractivity contribution in [3.8, 4) is 17.2 Å². The number of nitrogens with one attached hydrogen (secondary N) is 4. The average Bonchev–Trinajstić information content (AvgIpc) is 3.74. The number of pyridine rings is 2. The normalized spacial score (nSPS) is 17.6. The number of imide groups is 1. The van der Waals surface area contributed by atoms with E-state index in [2.05, 4.69) is 31.7 Å². The molecule has 0 saturated carbocycles. The van der Waals surface area contributed by atoms with Gasteiger partial charge in [0.25, 0.3) is 0 Å². The van der Waals surface area contributed by atoms with Gasteiger partial charge < -0.3 is 30.1 Å². The first-order valence-electron chi connectivity index (χ1n) is 21.5. The third-order valence-electron chi connectivity index (χ3n) is 12.5. The molecule has 6 heterocycles. The maximum absolute atomic E-state index is 15.7. The number of piperazine rings is 1. The number of hydrogen-bond donors (Lipinski definition) is 5. The second kappa shape index (κ2) is 18.7. The number of aromatic nitrogens is 3. The van der Waals surface area contributed by atoms with E-state index in [1.165, 1.54) is 31.7 Å². The molecule has 1 unspecified atom stereocenters. The minimum absolute atomic E-state index is 0.0698. The molecule has 3 aromatic heterocycles. The number of ketones is 1. The number of piperidine rings is 2. The monoisotopic (exact) mass is 941 g/mol. The first kappa shape index (κ1) is 46.4. The lowest BCUT2D eigenvalue weighted by atomic mass is 9.87. The predicted molar refractivity (Wildman–Crippen MR) is 241 cm³/mol. The first-order valence-corrected chi connectivity index (χ1v) is 23.0. The van der Waals surface area contributed by atoms with Gasteiger partial charge in [-0.2, -0.15) is 18.0 Å². The van der Waals surface area contributed by atoms with E-state index in [1.54, 1.807) is 41.0 Å². The molecule has 0 spiro atoms. The highest BCUT2D eigenvalue weighted by atomic mass is 32.2. The lowest BCUT2D eigenvalue weighted by Crippen LogP contribution is -2.52. The molecule has 350 valence electrons. The molecule has 5 N–H and O–H groups in total. The van der Waals surface area contributed by atoms with Crippen LogP contribution in [0.25, 0.3) is 22.2 Å². The average molecular weight is 942 g/mol. The summed E-state index contributed by atoms with van der Waals surface area (Å²) in [6.07, 6.45) is 5.09. The summed E-state index contributed by atoms with van der Waals surface area (Å²) in [5.41, 5.74) is -0.942. The molecule has 0 bridgehead atoms. The molecule has 0 aliphatic carbocycles. The molecule has 5 aromatic rings. The van der Waals surface area contributed by atoms with Crippen molar-refractivity contribution in [3.63, 3.8) is 0 Å². The Bertz CT molecular complexity index is 2950. The van der Waals surface area contributed by atoms with Crippen LogP contribution in [0.5, 0.6) is 0 Å². The zero-order valence-electron chi connectivity index (χ0n) is 36.4. The molecule has 18 nitrogen and oxygen atoms in total. The van der Waals surface area contributed by atoms with Gasteiger partial charge in [0.1, 0.15) is 35.2 Å². The van der Waals surface area contributed by atoms with E-state index in [4.69, 9.17) is 0 Å². The molecule has 3 amide bonds. The Hall–Kier alpha value is -7.09. The van der Waals surface area contributed by atoms with E-state index < -0.39 is 62.2 Å². The molecule has 8 rings (SSSR count). The molecule has 1 atom stereocenters. The minimum Gasteiger partial charge on any atom is -0.389 e. The Balaban J connectivity index is 0.883. The maximum Gasteiger partial charge on any atom is 0.301 e. The van der Waals surface area contributed by atoms with Crippen LogP contribution in [0.2, 0.25) is 0 Å². The van der Waals surface area contributed by atoms with Gasteiger partial charge in [-0.15, -0.1) is 0 Å². The molecular formula is C45H46F3N11O7S.